The molecular weight excluding hydrogens is 1080 g/mol. The van der Waals surface area contributed by atoms with E-state index < -0.39 is 0 Å². The molecule has 0 unspecified atom stereocenters. The molecule has 0 spiro atoms. The Morgan fingerprint density at radius 1 is 0.307 bits per heavy atom. The van der Waals surface area contributed by atoms with Crippen LogP contribution in [0.15, 0.2) is 155 Å². The zero-order chi connectivity index (χ0) is 54.2. The highest BCUT2D eigenvalue weighted by molar-refractivity contribution is 9.10. The van der Waals surface area contributed by atoms with Gasteiger partial charge in [0.15, 0.2) is 0 Å². The van der Waals surface area contributed by atoms with Crippen LogP contribution >= 0.6 is 31.9 Å². The molecule has 0 bridgehead atoms. The summed E-state index contributed by atoms with van der Waals surface area (Å²) < 4.78 is 1.90. The first kappa shape index (κ1) is 59.9. The van der Waals surface area contributed by atoms with Crippen molar-refractivity contribution in [2.75, 3.05) is 54.8 Å². The van der Waals surface area contributed by atoms with E-state index in [1.54, 1.807) is 60.7 Å². The number of para-hydroxylation sites is 6. The second-order valence-electron chi connectivity index (χ2n) is 17.4. The van der Waals surface area contributed by atoms with E-state index in [1.165, 1.54) is 0 Å². The van der Waals surface area contributed by atoms with Crippen molar-refractivity contribution in [1.29, 1.82) is 0 Å². The number of nitrogens with two attached hydrogens (primary N) is 4. The summed E-state index contributed by atoms with van der Waals surface area (Å²) in [5, 5.41) is 16.9. The first-order valence-electron chi connectivity index (χ1n) is 24.8. The first-order chi connectivity index (χ1) is 36.1. The fraction of sp³-hybridized carbons (Fsp3) is 0.263. The summed E-state index contributed by atoms with van der Waals surface area (Å²) in [7, 11) is 0. The van der Waals surface area contributed by atoms with Crippen LogP contribution in [0, 0.1) is 0 Å². The molecule has 396 valence electrons. The van der Waals surface area contributed by atoms with E-state index in [9.17, 15) is 28.8 Å². The normalized spacial score (nSPS) is 10.3. The minimum atomic E-state index is -0.0655. The number of carbonyl (C=O) groups is 6. The number of rotatable bonds is 24. The molecule has 0 radical (unpaired) electrons. The van der Waals surface area contributed by atoms with Crippen molar-refractivity contribution in [3.8, 4) is 0 Å². The number of nitrogen functional groups attached to an aromatic ring is 4. The molecule has 0 fully saturated rings. The zero-order valence-electron chi connectivity index (χ0n) is 42.0. The fourth-order valence-electron chi connectivity index (χ4n) is 7.05. The Labute approximate surface area is 456 Å². The van der Waals surface area contributed by atoms with E-state index in [0.29, 0.717) is 78.3 Å². The van der Waals surface area contributed by atoms with Gasteiger partial charge in [0.05, 0.1) is 34.1 Å². The summed E-state index contributed by atoms with van der Waals surface area (Å²) in [6.45, 7) is 0. The van der Waals surface area contributed by atoms with Gasteiger partial charge in [0.1, 0.15) is 0 Å². The standard InChI is InChI=1S/2C19H22BrN3O2.C19H24N4O2/c20-14-7-6-8-15(13-14)22-18(24)11-2-1-3-12-19(25)23-17-10-5-4-9-16(17)21;2*20-14-10-12-15(13-11-14)22-18(24)8-2-1-3-9-19(25)23-17-7-5-4-6-16(17)21/h4-10,13H,1-3,11-12,21H2,(H,22,24)(H,23,25);4-7,10-13H,1-3,8-9,21H2,(H,22,24)(H,23,25);4-7,10-13H,1-3,8-9,20-21H2,(H,22,24)(H,23,25). The molecule has 0 aliphatic heterocycles. The number of hydrogen-bond acceptors (Lipinski definition) is 10. The molecule has 6 aromatic rings. The first-order valence-corrected chi connectivity index (χ1v) is 26.4. The van der Waals surface area contributed by atoms with Gasteiger partial charge in [-0.05, 0) is 142 Å². The lowest BCUT2D eigenvalue weighted by atomic mass is 10.1. The summed E-state index contributed by atoms with van der Waals surface area (Å²) in [5.41, 5.74) is 29.5. The Bertz CT molecular complexity index is 2640. The maximum atomic E-state index is 11.9. The number of anilines is 10. The average Bonchev–Trinajstić information content (AvgIpc) is 3.37. The van der Waals surface area contributed by atoms with Gasteiger partial charge >= 0.3 is 0 Å². The Kier molecular flexibility index (Phi) is 27.1. The van der Waals surface area contributed by atoms with Crippen molar-refractivity contribution < 1.29 is 28.8 Å². The van der Waals surface area contributed by atoms with E-state index in [4.69, 9.17) is 22.9 Å². The number of unbranched alkanes of at least 4 members (excludes halogenated alkanes) is 6. The van der Waals surface area contributed by atoms with Gasteiger partial charge < -0.3 is 54.8 Å². The number of benzene rings is 6. The Morgan fingerprint density at radius 3 is 0.947 bits per heavy atom. The molecule has 14 N–H and O–H groups in total. The Hall–Kier alpha value is -7.70. The van der Waals surface area contributed by atoms with Crippen LogP contribution < -0.4 is 54.8 Å². The highest BCUT2D eigenvalue weighted by Crippen LogP contribution is 2.21. The van der Waals surface area contributed by atoms with E-state index >= 15 is 0 Å². The molecule has 0 aliphatic carbocycles. The van der Waals surface area contributed by atoms with Crippen LogP contribution in [0.3, 0.4) is 0 Å². The molecular formula is C57H68Br2N10O6. The zero-order valence-corrected chi connectivity index (χ0v) is 45.1. The molecule has 0 atom stereocenters. The second kappa shape index (κ2) is 33.9. The number of hydrogen-bond donors (Lipinski definition) is 10. The summed E-state index contributed by atoms with van der Waals surface area (Å²) >= 11 is 6.72. The summed E-state index contributed by atoms with van der Waals surface area (Å²) in [5.74, 6) is -0.243. The lowest BCUT2D eigenvalue weighted by Gasteiger charge is -2.08. The molecule has 0 saturated carbocycles. The highest BCUT2D eigenvalue weighted by Gasteiger charge is 2.10. The van der Waals surface area contributed by atoms with Crippen molar-refractivity contribution in [2.24, 2.45) is 0 Å². The molecule has 18 heteroatoms. The SMILES string of the molecule is Nc1ccc(NC(=O)CCCCCC(=O)Nc2ccccc2N)cc1.Nc1ccccc1NC(=O)CCCCCC(=O)Nc1ccc(Br)cc1.Nc1ccccc1NC(=O)CCCCCC(=O)Nc1cccc(Br)c1. The largest absolute Gasteiger partial charge is 0.399 e. The Balaban J connectivity index is 0.000000243. The van der Waals surface area contributed by atoms with Crippen molar-refractivity contribution in [2.45, 2.75) is 96.3 Å². The van der Waals surface area contributed by atoms with Crippen LogP contribution in [0.5, 0.6) is 0 Å². The topological polar surface area (TPSA) is 279 Å². The second-order valence-corrected chi connectivity index (χ2v) is 19.2. The predicted molar refractivity (Wildman–Crippen MR) is 313 cm³/mol. The van der Waals surface area contributed by atoms with Crippen molar-refractivity contribution >= 4 is 124 Å². The van der Waals surface area contributed by atoms with E-state index in [0.717, 1.165) is 83.8 Å². The third-order valence-electron chi connectivity index (χ3n) is 11.1. The van der Waals surface area contributed by atoms with E-state index in [-0.39, 0.29) is 35.4 Å². The van der Waals surface area contributed by atoms with Crippen LogP contribution in [0.4, 0.5) is 56.9 Å². The van der Waals surface area contributed by atoms with Gasteiger partial charge in [0.2, 0.25) is 35.4 Å². The van der Waals surface area contributed by atoms with Gasteiger partial charge in [-0.1, -0.05) is 93.6 Å². The van der Waals surface area contributed by atoms with Gasteiger partial charge in [-0.2, -0.15) is 0 Å². The van der Waals surface area contributed by atoms with Crippen LogP contribution in [0.2, 0.25) is 0 Å². The molecule has 0 saturated heterocycles. The molecule has 6 amide bonds. The summed E-state index contributed by atoms with van der Waals surface area (Å²) in [6, 6.07) is 43.5. The third kappa shape index (κ3) is 25.7. The van der Waals surface area contributed by atoms with Gasteiger partial charge in [-0.25, -0.2) is 0 Å². The predicted octanol–water partition coefficient (Wildman–Crippen LogP) is 12.5. The third-order valence-corrected chi connectivity index (χ3v) is 12.1. The highest BCUT2D eigenvalue weighted by atomic mass is 79.9. The van der Waals surface area contributed by atoms with Gasteiger partial charge in [0.25, 0.3) is 0 Å². The summed E-state index contributed by atoms with van der Waals surface area (Å²) in [4.78, 5) is 71.2. The molecule has 0 aromatic heterocycles. The smallest absolute Gasteiger partial charge is 0.224 e. The Morgan fingerprint density at radius 2 is 0.613 bits per heavy atom. The number of nitrogens with one attached hydrogen (secondary N) is 6. The maximum absolute atomic E-state index is 11.9. The number of amides is 6. The minimum absolute atomic E-state index is 0.0103. The monoisotopic (exact) mass is 1150 g/mol. The number of carbonyl (C=O) groups excluding carboxylic acids is 6. The number of halogens is 2. The molecule has 0 heterocycles. The molecule has 16 nitrogen and oxygen atoms in total. The molecule has 0 aliphatic rings. The van der Waals surface area contributed by atoms with Gasteiger partial charge in [-0.3, -0.25) is 28.8 Å². The minimum Gasteiger partial charge on any atom is -0.399 e. The van der Waals surface area contributed by atoms with Gasteiger partial charge in [-0.15, -0.1) is 0 Å². The van der Waals surface area contributed by atoms with Crippen molar-refractivity contribution in [1.82, 2.24) is 0 Å². The van der Waals surface area contributed by atoms with E-state index in [1.807, 2.05) is 84.9 Å². The van der Waals surface area contributed by atoms with Crippen molar-refractivity contribution in [3.05, 3.63) is 155 Å². The summed E-state index contributed by atoms with van der Waals surface area (Å²) in [6.07, 6.45) is 9.48. The quantitative estimate of drug-likeness (QED) is 0.0202. The van der Waals surface area contributed by atoms with Crippen LogP contribution in [-0.4, -0.2) is 35.4 Å². The fourth-order valence-corrected chi connectivity index (χ4v) is 7.71. The molecule has 6 aromatic carbocycles. The lowest BCUT2D eigenvalue weighted by Crippen LogP contribution is -2.13. The van der Waals surface area contributed by atoms with Crippen LogP contribution in [0.25, 0.3) is 0 Å². The van der Waals surface area contributed by atoms with Gasteiger partial charge in [0, 0.05) is 70.2 Å². The molecule has 75 heavy (non-hydrogen) atoms. The maximum Gasteiger partial charge on any atom is 0.224 e. The van der Waals surface area contributed by atoms with Crippen LogP contribution in [-0.2, 0) is 28.8 Å². The lowest BCUT2D eigenvalue weighted by molar-refractivity contribution is -0.117. The van der Waals surface area contributed by atoms with Crippen molar-refractivity contribution in [3.63, 3.8) is 0 Å². The average molecular weight is 1150 g/mol. The molecule has 6 rings (SSSR count). The van der Waals surface area contributed by atoms with E-state index in [2.05, 4.69) is 63.8 Å². The van der Waals surface area contributed by atoms with Crippen LogP contribution in [0.1, 0.15) is 96.3 Å².